The molecule has 2 heterocycles. The van der Waals surface area contributed by atoms with Gasteiger partial charge in [0.25, 0.3) is 14.3 Å². The second-order valence-corrected chi connectivity index (χ2v) is 41.0. The number of nitrogens with one attached hydrogen (secondary N) is 7. The van der Waals surface area contributed by atoms with Gasteiger partial charge in [0.15, 0.2) is 0 Å². The van der Waals surface area contributed by atoms with Gasteiger partial charge in [-0.25, -0.2) is 23.9 Å². The summed E-state index contributed by atoms with van der Waals surface area (Å²) in [5.41, 5.74) is 0.182. The number of rotatable bonds is 49. The average molecular weight is 1600 g/mol. The van der Waals surface area contributed by atoms with E-state index in [2.05, 4.69) is 47.5 Å². The highest BCUT2D eigenvalue weighted by Crippen LogP contribution is 2.51. The fourth-order valence-corrected chi connectivity index (χ4v) is 21.4. The van der Waals surface area contributed by atoms with Crippen LogP contribution in [0.5, 0.6) is 0 Å². The maximum atomic E-state index is 17.2. The quantitative estimate of drug-likeness (QED) is 0.0196. The molecule has 42 heteroatoms. The van der Waals surface area contributed by atoms with E-state index in [9.17, 15) is 101 Å². The Morgan fingerprint density at radius 2 is 0.888 bits per heavy atom. The van der Waals surface area contributed by atoms with Crippen LogP contribution in [0.25, 0.3) is 0 Å². The van der Waals surface area contributed by atoms with Gasteiger partial charge in [-0.2, -0.15) is 0 Å². The largest absolute Gasteiger partial charge is 0.481 e. The molecule has 37 nitrogen and oxygen atoms in total. The van der Waals surface area contributed by atoms with Gasteiger partial charge in [0.2, 0.25) is 45.7 Å². The smallest absolute Gasteiger partial charge is 0.326 e. The van der Waals surface area contributed by atoms with Crippen molar-refractivity contribution in [2.75, 3.05) is 96.2 Å². The molecule has 0 radical (unpaired) electrons. The number of carbonyl (C=O) groups excluding carboxylic acids is 6. The number of hydrogen-bond acceptors (Lipinski definition) is 20. The number of carbonyl (C=O) groups is 12. The second-order valence-electron chi connectivity index (χ2n) is 28.8. The highest BCUT2D eigenvalue weighted by atomic mass is 31.2. The van der Waals surface area contributed by atoms with Crippen LogP contribution in [0, 0.1) is 0 Å². The van der Waals surface area contributed by atoms with Crippen molar-refractivity contribution in [2.45, 2.75) is 191 Å². The number of urea groups is 1. The maximum absolute atomic E-state index is 17.2. The zero-order valence-corrected chi connectivity index (χ0v) is 65.3. The number of aromatic nitrogens is 3. The van der Waals surface area contributed by atoms with Crippen LogP contribution in [0.1, 0.15) is 173 Å². The molecule has 3 rings (SSSR count). The zero-order valence-electron chi connectivity index (χ0n) is 61.6. The zero-order chi connectivity index (χ0) is 80.5. The molecule has 1 saturated heterocycles. The molecule has 1 aliphatic rings. The fourth-order valence-electron chi connectivity index (χ4n) is 12.0. The average Bonchev–Trinajstić information content (AvgIpc) is 1.30. The molecule has 1 aromatic carbocycles. The van der Waals surface area contributed by atoms with Crippen LogP contribution in [0.15, 0.2) is 30.5 Å². The molecule has 3 unspecified atom stereocenters. The van der Waals surface area contributed by atoms with Gasteiger partial charge < -0.3 is 86.6 Å². The van der Waals surface area contributed by atoms with Crippen molar-refractivity contribution in [1.29, 1.82) is 0 Å². The SMILES string of the molecule is CC(C)(C)[Si](F)(c1ccc(C(=O)NC[C@H](C(=O)N[C@@H](CCCCNC(=O)CCCCCCC(=O)NCCCC[C@H](NC(=O)N[C@@H](CCC(=O)O)C(=O)O)C(=O)O)C(=O)O)n2cc(CNC(=O)CCP(=O)(O)CN3CCN(CP(=O)(O)CCC(=O)O)CCN(CP(=O)(O)CCC(=O)O)CC3)nn2)cc1)C(C)(C)C. The first kappa shape index (κ1) is 93.6. The number of hydrogen-bond donors (Lipinski definition) is 16. The Hall–Kier alpha value is -7.60. The Balaban J connectivity index is 1.60. The molecule has 1 aromatic heterocycles. The summed E-state index contributed by atoms with van der Waals surface area (Å²) >= 11 is 0. The van der Waals surface area contributed by atoms with Crippen LogP contribution in [0.2, 0.25) is 10.1 Å². The van der Waals surface area contributed by atoms with E-state index in [1.165, 1.54) is 28.1 Å². The fraction of sp³-hybridized carbons (Fsp3) is 0.692. The van der Waals surface area contributed by atoms with Crippen molar-refractivity contribution in [1.82, 2.24) is 66.9 Å². The lowest BCUT2D eigenvalue weighted by Gasteiger charge is -2.44. The lowest BCUT2D eigenvalue weighted by molar-refractivity contribution is -0.142. The number of carboxylic acids is 6. The third-order valence-corrected chi connectivity index (χ3v) is 28.3. The summed E-state index contributed by atoms with van der Waals surface area (Å²) in [5.74, 6) is -10.9. The lowest BCUT2D eigenvalue weighted by Crippen LogP contribution is -2.57. The normalized spacial score (nSPS) is 16.4. The van der Waals surface area contributed by atoms with E-state index < -0.39 is 200 Å². The van der Waals surface area contributed by atoms with Gasteiger partial charge in [-0.1, -0.05) is 71.7 Å². The van der Waals surface area contributed by atoms with Crippen molar-refractivity contribution < 1.29 is 121 Å². The molecule has 0 saturated carbocycles. The van der Waals surface area contributed by atoms with Crippen LogP contribution in [-0.4, -0.2) is 269 Å². The minimum Gasteiger partial charge on any atom is -0.481 e. The Morgan fingerprint density at radius 1 is 0.495 bits per heavy atom. The highest BCUT2D eigenvalue weighted by Gasteiger charge is 2.56. The van der Waals surface area contributed by atoms with Crippen LogP contribution in [0.3, 0.4) is 0 Å². The summed E-state index contributed by atoms with van der Waals surface area (Å²) in [7, 11) is -16.0. The summed E-state index contributed by atoms with van der Waals surface area (Å²) < 4.78 is 58.0. The van der Waals surface area contributed by atoms with Crippen molar-refractivity contribution >= 4 is 107 Å². The van der Waals surface area contributed by atoms with Crippen molar-refractivity contribution in [3.63, 3.8) is 0 Å². The van der Waals surface area contributed by atoms with Gasteiger partial charge in [0, 0.05) is 109 Å². The van der Waals surface area contributed by atoms with E-state index in [1.807, 2.05) is 41.5 Å². The summed E-state index contributed by atoms with van der Waals surface area (Å²) in [6, 6.07) is -0.881. The number of amides is 7. The molecule has 7 amide bonds. The number of aliphatic carboxylic acids is 6. The second kappa shape index (κ2) is 44.8. The van der Waals surface area contributed by atoms with Gasteiger partial charge in [0.1, 0.15) is 29.9 Å². The van der Waals surface area contributed by atoms with Crippen molar-refractivity contribution in [2.24, 2.45) is 0 Å². The third kappa shape index (κ3) is 36.0. The van der Waals surface area contributed by atoms with E-state index in [4.69, 9.17) is 15.3 Å². The van der Waals surface area contributed by atoms with E-state index in [0.717, 1.165) is 4.68 Å². The maximum Gasteiger partial charge on any atom is 0.326 e. The van der Waals surface area contributed by atoms with Crippen molar-refractivity contribution in [3.8, 4) is 0 Å². The van der Waals surface area contributed by atoms with Crippen LogP contribution < -0.4 is 42.4 Å². The summed E-state index contributed by atoms with van der Waals surface area (Å²) in [5, 5.41) is 80.7. The first-order valence-corrected chi connectivity index (χ1v) is 43.4. The Morgan fingerprint density at radius 3 is 1.29 bits per heavy atom. The predicted molar refractivity (Wildman–Crippen MR) is 391 cm³/mol. The number of benzene rings is 1. The number of carboxylic acid groups (broad SMARTS) is 6. The minimum atomic E-state index is -4.19. The van der Waals surface area contributed by atoms with Gasteiger partial charge in [-0.3, -0.25) is 66.8 Å². The van der Waals surface area contributed by atoms with E-state index in [-0.39, 0.29) is 120 Å². The lowest BCUT2D eigenvalue weighted by atomic mass is 10.1. The number of nitrogens with zero attached hydrogens (tertiary/aromatic N) is 6. The third-order valence-electron chi connectivity index (χ3n) is 17.7. The molecule has 0 aliphatic carbocycles. The van der Waals surface area contributed by atoms with Crippen LogP contribution in [-0.2, 0) is 68.2 Å². The first-order chi connectivity index (χ1) is 49.8. The predicted octanol–water partition coefficient (Wildman–Crippen LogP) is 3.08. The topological polar surface area (TPSA) is 563 Å². The summed E-state index contributed by atoms with van der Waals surface area (Å²) in [6.07, 6.45) is -0.590. The highest BCUT2D eigenvalue weighted by molar-refractivity contribution is 7.58. The summed E-state index contributed by atoms with van der Waals surface area (Å²) in [6.45, 7) is 10.9. The molecule has 604 valence electrons. The Kier molecular flexibility index (Phi) is 39.2. The molecule has 0 bridgehead atoms. The Labute approximate surface area is 621 Å². The van der Waals surface area contributed by atoms with E-state index in [0.29, 0.717) is 43.7 Å². The summed E-state index contributed by atoms with van der Waals surface area (Å²) in [4.78, 5) is 185. The standard InChI is InChI=1S/C65H109FN13O24P3Si/c1-64(2,3)107(66,65(4,5)6)47-21-19-45(20-22-47)58(89)70-40-51(59(90)71-48(60(91)92)15-11-13-28-67-52(80)17-9-7-8-10-18-53(81)68-29-14-12-16-49(61(93)94)72-63(97)73-50(62(95)96)23-24-55(83)84)79-41-46(74-75-79)39-69-54(82)25-36-104(98,99)42-76-30-32-77(43-105(100,101)37-26-56(85)86)34-35-78(33-31-76)44-106(102,103)38-27-57(87)88/h19-22,41,48-51H,7-18,23-40,42-44H2,1-6H3,(H,67,80)(H,68,81)(H,69,82)(H,70,89)(H,71,90)(H,83,84)(H,85,86)(H,87,88)(H,91,92)(H,93,94)(H,95,96)(H,98,99)(H,100,101)(H,102,103)(H2,72,73,97)/t48-,49-,50-,51+/m0/s1. The van der Waals surface area contributed by atoms with Gasteiger partial charge >= 0.3 is 41.8 Å². The molecular formula is C65H109FN13O24P3Si. The van der Waals surface area contributed by atoms with E-state index in [1.54, 1.807) is 17.0 Å². The number of halogens is 1. The Bertz CT molecular complexity index is 3420. The molecule has 1 fully saturated rings. The van der Waals surface area contributed by atoms with Crippen LogP contribution in [0.4, 0.5) is 8.90 Å². The molecular weight excluding hydrogens is 1490 g/mol. The molecule has 0 spiro atoms. The molecule has 1 aliphatic heterocycles. The molecule has 2 aromatic rings. The first-order valence-electron chi connectivity index (χ1n) is 35.4. The monoisotopic (exact) mass is 1600 g/mol. The number of unbranched alkanes of at least 4 members (excludes halogenated alkanes) is 5. The van der Waals surface area contributed by atoms with Gasteiger partial charge in [-0.15, -0.1) is 5.10 Å². The van der Waals surface area contributed by atoms with E-state index >= 15 is 4.11 Å². The van der Waals surface area contributed by atoms with Gasteiger partial charge in [-0.05, 0) is 85.2 Å². The molecule has 107 heavy (non-hydrogen) atoms. The minimum absolute atomic E-state index is 0.0387. The van der Waals surface area contributed by atoms with Gasteiger partial charge in [0.05, 0.1) is 44.4 Å². The van der Waals surface area contributed by atoms with Crippen LogP contribution >= 0.6 is 22.1 Å². The molecule has 7 atom stereocenters. The van der Waals surface area contributed by atoms with Crippen molar-refractivity contribution in [3.05, 3.63) is 41.7 Å². The molecule has 16 N–H and O–H groups in total.